The van der Waals surface area contributed by atoms with E-state index in [4.69, 9.17) is 9.47 Å². The van der Waals surface area contributed by atoms with Gasteiger partial charge in [0.05, 0.1) is 30.8 Å². The summed E-state index contributed by atoms with van der Waals surface area (Å²) in [6, 6.07) is 2.18. The number of morpholine rings is 1. The van der Waals surface area contributed by atoms with Crippen molar-refractivity contribution in [1.82, 2.24) is 10.6 Å². The summed E-state index contributed by atoms with van der Waals surface area (Å²) in [7, 11) is 0. The van der Waals surface area contributed by atoms with Gasteiger partial charge in [0.2, 0.25) is 0 Å². The lowest BCUT2D eigenvalue weighted by molar-refractivity contribution is -0.0734. The second-order valence-corrected chi connectivity index (χ2v) is 9.41. The minimum atomic E-state index is -0.961. The third-order valence-corrected chi connectivity index (χ3v) is 7.72. The van der Waals surface area contributed by atoms with Crippen LogP contribution in [0.15, 0.2) is 0 Å². The van der Waals surface area contributed by atoms with Gasteiger partial charge in [-0.2, -0.15) is 5.26 Å². The number of nitrogens with zero attached hydrogens (tertiary/aromatic N) is 1. The van der Waals surface area contributed by atoms with Crippen LogP contribution in [0, 0.1) is 40.9 Å². The van der Waals surface area contributed by atoms with Crippen molar-refractivity contribution < 1.29 is 13.9 Å². The highest BCUT2D eigenvalue weighted by atomic mass is 19.1. The lowest BCUT2D eigenvalue weighted by atomic mass is 9.60. The first-order chi connectivity index (χ1) is 13.7. The van der Waals surface area contributed by atoms with Gasteiger partial charge in [-0.25, -0.2) is 4.39 Å². The lowest BCUT2D eigenvalue weighted by Gasteiger charge is -2.47. The molecule has 4 aliphatic rings. The van der Waals surface area contributed by atoms with Gasteiger partial charge in [0.25, 0.3) is 0 Å². The Labute approximate surface area is 168 Å². The SMILES string of the molecule is CC1NCC(C2C(CC3CNCCO3)CCCC2C2CCC(C#N)C(F)C2)O1. The molecule has 9 unspecified atom stereocenters. The Hall–Kier alpha value is -0.740. The van der Waals surface area contributed by atoms with Crippen LogP contribution in [0.1, 0.15) is 51.9 Å². The van der Waals surface area contributed by atoms with Crippen LogP contribution in [0.4, 0.5) is 4.39 Å². The fourth-order valence-corrected chi connectivity index (χ4v) is 6.41. The Morgan fingerprint density at radius 2 is 2.07 bits per heavy atom. The largest absolute Gasteiger partial charge is 0.376 e. The van der Waals surface area contributed by atoms with E-state index >= 15 is 0 Å². The van der Waals surface area contributed by atoms with Crippen molar-refractivity contribution in [1.29, 1.82) is 5.26 Å². The van der Waals surface area contributed by atoms with Crippen molar-refractivity contribution in [2.45, 2.75) is 76.5 Å². The van der Waals surface area contributed by atoms with Gasteiger partial charge in [0, 0.05) is 19.6 Å². The Balaban J connectivity index is 1.49. The molecule has 2 saturated heterocycles. The molecule has 0 radical (unpaired) electrons. The predicted octanol–water partition coefficient (Wildman–Crippen LogP) is 3.01. The third-order valence-electron chi connectivity index (χ3n) is 7.72. The van der Waals surface area contributed by atoms with E-state index < -0.39 is 12.1 Å². The van der Waals surface area contributed by atoms with Crippen LogP contribution in [0.25, 0.3) is 0 Å². The number of ether oxygens (including phenoxy) is 2. The van der Waals surface area contributed by atoms with Crippen LogP contribution in [0.5, 0.6) is 0 Å². The molecule has 0 aromatic rings. The van der Waals surface area contributed by atoms with E-state index in [-0.39, 0.29) is 18.4 Å². The zero-order valence-corrected chi connectivity index (χ0v) is 17.1. The molecule has 0 aromatic heterocycles. The number of rotatable bonds is 4. The van der Waals surface area contributed by atoms with Crippen LogP contribution in [-0.4, -0.2) is 50.8 Å². The summed E-state index contributed by atoms with van der Waals surface area (Å²) in [5.74, 6) is 1.53. The zero-order valence-electron chi connectivity index (χ0n) is 17.1. The average molecular weight is 394 g/mol. The van der Waals surface area contributed by atoms with E-state index in [1.165, 1.54) is 19.3 Å². The van der Waals surface area contributed by atoms with Crippen LogP contribution >= 0.6 is 0 Å². The van der Waals surface area contributed by atoms with Crippen molar-refractivity contribution >= 4 is 0 Å². The van der Waals surface area contributed by atoms with E-state index in [1.54, 1.807) is 0 Å². The maximum Gasteiger partial charge on any atom is 0.116 e. The van der Waals surface area contributed by atoms with Crippen LogP contribution in [0.3, 0.4) is 0 Å². The number of nitrogens with one attached hydrogen (secondary N) is 2. The molecular weight excluding hydrogens is 357 g/mol. The Morgan fingerprint density at radius 3 is 2.75 bits per heavy atom. The second-order valence-electron chi connectivity index (χ2n) is 9.41. The summed E-state index contributed by atoms with van der Waals surface area (Å²) in [6.07, 6.45) is 6.60. The standard InChI is InChI=1S/C22H36FN3O2/c1-14-26-13-21(28-14)22-16(9-18-12-25-7-8-27-18)3-2-4-19(22)15-5-6-17(11-24)20(23)10-15/h14-22,25-26H,2-10,12-13H2,1H3. The molecule has 28 heavy (non-hydrogen) atoms. The highest BCUT2D eigenvalue weighted by molar-refractivity contribution is 4.99. The molecule has 2 aliphatic heterocycles. The van der Waals surface area contributed by atoms with Crippen LogP contribution < -0.4 is 10.6 Å². The maximum atomic E-state index is 14.6. The van der Waals surface area contributed by atoms with Crippen LogP contribution in [0.2, 0.25) is 0 Å². The third kappa shape index (κ3) is 4.53. The molecule has 4 fully saturated rings. The first-order valence-corrected chi connectivity index (χ1v) is 11.4. The molecule has 158 valence electrons. The number of halogens is 1. The highest BCUT2D eigenvalue weighted by Crippen LogP contribution is 2.49. The molecule has 0 spiro atoms. The number of hydrogen-bond acceptors (Lipinski definition) is 5. The van der Waals surface area contributed by atoms with Gasteiger partial charge in [-0.3, -0.25) is 5.32 Å². The molecule has 2 heterocycles. The number of nitriles is 1. The molecule has 5 nitrogen and oxygen atoms in total. The van der Waals surface area contributed by atoms with Crippen molar-refractivity contribution in [3.63, 3.8) is 0 Å². The minimum Gasteiger partial charge on any atom is -0.376 e. The van der Waals surface area contributed by atoms with Crippen molar-refractivity contribution in [3.8, 4) is 6.07 Å². The summed E-state index contributed by atoms with van der Waals surface area (Å²) in [5, 5.41) is 16.1. The van der Waals surface area contributed by atoms with Gasteiger partial charge >= 0.3 is 0 Å². The van der Waals surface area contributed by atoms with E-state index in [0.717, 1.165) is 39.1 Å². The van der Waals surface area contributed by atoms with Gasteiger partial charge in [0.1, 0.15) is 12.4 Å². The summed E-state index contributed by atoms with van der Waals surface area (Å²) in [5.41, 5.74) is 0. The molecule has 2 aliphatic carbocycles. The fraction of sp³-hybridized carbons (Fsp3) is 0.955. The molecular formula is C22H36FN3O2. The summed E-state index contributed by atoms with van der Waals surface area (Å²) >= 11 is 0. The average Bonchev–Trinajstić information content (AvgIpc) is 3.14. The molecule has 6 heteroatoms. The molecule has 0 bridgehead atoms. The molecule has 9 atom stereocenters. The van der Waals surface area contributed by atoms with Crippen molar-refractivity contribution in [3.05, 3.63) is 0 Å². The normalized spacial score (nSPS) is 47.5. The Kier molecular flexibility index (Phi) is 6.88. The topological polar surface area (TPSA) is 66.3 Å². The summed E-state index contributed by atoms with van der Waals surface area (Å²) in [6.45, 7) is 5.66. The molecule has 0 amide bonds. The summed E-state index contributed by atoms with van der Waals surface area (Å²) < 4.78 is 26.9. The first kappa shape index (κ1) is 20.5. The quantitative estimate of drug-likeness (QED) is 0.769. The second kappa shape index (κ2) is 9.38. The van der Waals surface area contributed by atoms with Crippen molar-refractivity contribution in [2.24, 2.45) is 29.6 Å². The van der Waals surface area contributed by atoms with Gasteiger partial charge in [0.15, 0.2) is 0 Å². The first-order valence-electron chi connectivity index (χ1n) is 11.4. The van der Waals surface area contributed by atoms with Gasteiger partial charge in [-0.15, -0.1) is 0 Å². The van der Waals surface area contributed by atoms with E-state index in [0.29, 0.717) is 36.5 Å². The van der Waals surface area contributed by atoms with Gasteiger partial charge < -0.3 is 14.8 Å². The molecule has 0 aromatic carbocycles. The van der Waals surface area contributed by atoms with Crippen molar-refractivity contribution in [2.75, 3.05) is 26.2 Å². The Bertz CT molecular complexity index is 550. The monoisotopic (exact) mass is 393 g/mol. The van der Waals surface area contributed by atoms with E-state index in [2.05, 4.69) is 23.6 Å². The van der Waals surface area contributed by atoms with Crippen LogP contribution in [-0.2, 0) is 9.47 Å². The molecule has 2 saturated carbocycles. The van der Waals surface area contributed by atoms with Gasteiger partial charge in [-0.1, -0.05) is 6.42 Å². The molecule has 4 rings (SSSR count). The summed E-state index contributed by atoms with van der Waals surface area (Å²) in [4.78, 5) is 0. The molecule has 2 N–H and O–H groups in total. The van der Waals surface area contributed by atoms with E-state index in [9.17, 15) is 9.65 Å². The minimum absolute atomic E-state index is 0.101. The zero-order chi connectivity index (χ0) is 19.5. The fourth-order valence-electron chi connectivity index (χ4n) is 6.41. The number of hydrogen-bond donors (Lipinski definition) is 2. The lowest BCUT2D eigenvalue weighted by Crippen LogP contribution is -2.47. The maximum absolute atomic E-state index is 14.6. The smallest absolute Gasteiger partial charge is 0.116 e. The highest BCUT2D eigenvalue weighted by Gasteiger charge is 2.46. The Morgan fingerprint density at radius 1 is 1.18 bits per heavy atom. The van der Waals surface area contributed by atoms with E-state index in [1.807, 2.05) is 0 Å². The number of alkyl halides is 1. The van der Waals surface area contributed by atoms with Gasteiger partial charge in [-0.05, 0) is 69.1 Å². The predicted molar refractivity (Wildman–Crippen MR) is 105 cm³/mol.